The van der Waals surface area contributed by atoms with E-state index in [2.05, 4.69) is 96.0 Å². The van der Waals surface area contributed by atoms with Gasteiger partial charge >= 0.3 is 0 Å². The van der Waals surface area contributed by atoms with Gasteiger partial charge in [-0.3, -0.25) is 4.98 Å². The van der Waals surface area contributed by atoms with E-state index in [9.17, 15) is 0 Å². The first-order valence-corrected chi connectivity index (χ1v) is 10.1. The first-order chi connectivity index (χ1) is 14.8. The molecule has 6 aromatic rings. The minimum absolute atomic E-state index is 0.976. The molecule has 0 atom stereocenters. The molecule has 2 heterocycles. The highest BCUT2D eigenvalue weighted by atomic mass is 14.7. The molecule has 0 aliphatic carbocycles. The third kappa shape index (κ3) is 2.90. The number of hydrogen-bond donors (Lipinski definition) is 0. The van der Waals surface area contributed by atoms with Gasteiger partial charge in [0.25, 0.3) is 0 Å². The smallest absolute Gasteiger partial charge is 0.0715 e. The lowest BCUT2D eigenvalue weighted by Gasteiger charge is -2.08. The van der Waals surface area contributed by atoms with E-state index in [4.69, 9.17) is 4.98 Å². The molecule has 0 saturated heterocycles. The van der Waals surface area contributed by atoms with Crippen LogP contribution >= 0.6 is 0 Å². The van der Waals surface area contributed by atoms with Gasteiger partial charge in [-0.1, -0.05) is 66.7 Å². The van der Waals surface area contributed by atoms with E-state index in [1.165, 1.54) is 27.3 Å². The van der Waals surface area contributed by atoms with Crippen LogP contribution in [0.1, 0.15) is 0 Å². The maximum Gasteiger partial charge on any atom is 0.0715 e. The summed E-state index contributed by atoms with van der Waals surface area (Å²) in [6.07, 6.45) is 3.72. The Kier molecular flexibility index (Phi) is 3.82. The molecule has 30 heavy (non-hydrogen) atoms. The first-order valence-electron chi connectivity index (χ1n) is 10.1. The molecular weight excluding hydrogens is 364 g/mol. The van der Waals surface area contributed by atoms with Gasteiger partial charge in [0.15, 0.2) is 0 Å². The normalized spacial score (nSPS) is 11.3. The Hall–Kier alpha value is -4.04. The molecule has 2 aromatic heterocycles. The van der Waals surface area contributed by atoms with Crippen molar-refractivity contribution in [1.82, 2.24) is 9.97 Å². The maximum atomic E-state index is 4.98. The summed E-state index contributed by atoms with van der Waals surface area (Å²) in [6.45, 7) is 0. The Morgan fingerprint density at radius 3 is 2.03 bits per heavy atom. The summed E-state index contributed by atoms with van der Waals surface area (Å²) < 4.78 is 0. The molecule has 140 valence electrons. The van der Waals surface area contributed by atoms with Crippen LogP contribution in [0.5, 0.6) is 0 Å². The van der Waals surface area contributed by atoms with E-state index < -0.39 is 0 Å². The summed E-state index contributed by atoms with van der Waals surface area (Å²) in [7, 11) is 0. The van der Waals surface area contributed by atoms with E-state index in [0.29, 0.717) is 0 Å². The topological polar surface area (TPSA) is 25.8 Å². The zero-order valence-corrected chi connectivity index (χ0v) is 16.3. The number of pyridine rings is 2. The zero-order valence-electron chi connectivity index (χ0n) is 16.3. The third-order valence-corrected chi connectivity index (χ3v) is 5.71. The summed E-state index contributed by atoms with van der Waals surface area (Å²) in [5, 5.41) is 5.97. The fourth-order valence-corrected chi connectivity index (χ4v) is 4.07. The quantitative estimate of drug-likeness (QED) is 0.315. The molecule has 0 aliphatic rings. The van der Waals surface area contributed by atoms with Crippen molar-refractivity contribution in [2.45, 2.75) is 0 Å². The Morgan fingerprint density at radius 2 is 1.13 bits per heavy atom. The molecular formula is C28H18N2. The monoisotopic (exact) mass is 382 g/mol. The van der Waals surface area contributed by atoms with Crippen molar-refractivity contribution in [2.24, 2.45) is 0 Å². The summed E-state index contributed by atoms with van der Waals surface area (Å²) in [5.74, 6) is 0. The predicted molar refractivity (Wildman–Crippen MR) is 125 cm³/mol. The Morgan fingerprint density at radius 1 is 0.467 bits per heavy atom. The van der Waals surface area contributed by atoms with Gasteiger partial charge in [-0.05, 0) is 57.6 Å². The van der Waals surface area contributed by atoms with Gasteiger partial charge < -0.3 is 0 Å². The lowest BCUT2D eigenvalue weighted by atomic mass is 9.99. The second kappa shape index (κ2) is 6.78. The maximum absolute atomic E-state index is 4.98. The minimum atomic E-state index is 0.976. The van der Waals surface area contributed by atoms with E-state index in [1.54, 1.807) is 0 Å². The summed E-state index contributed by atoms with van der Waals surface area (Å²) in [5.41, 5.74) is 5.47. The fourth-order valence-electron chi connectivity index (χ4n) is 4.07. The molecule has 0 bridgehead atoms. The molecule has 0 amide bonds. The standard InChI is InChI=1S/C28H18N2/c1-2-4-22-15-23(8-5-19(22)3-1)24-9-7-21-11-12-27(30-28(21)17-24)25-10-6-20-13-14-29-18-26(20)16-25/h1-18H. The summed E-state index contributed by atoms with van der Waals surface area (Å²) in [4.78, 5) is 9.22. The van der Waals surface area contributed by atoms with Crippen molar-refractivity contribution in [3.63, 3.8) is 0 Å². The number of nitrogens with zero attached hydrogens (tertiary/aromatic N) is 2. The van der Waals surface area contributed by atoms with E-state index in [1.807, 2.05) is 18.5 Å². The molecule has 0 radical (unpaired) electrons. The van der Waals surface area contributed by atoms with Gasteiger partial charge in [0.05, 0.1) is 11.2 Å². The van der Waals surface area contributed by atoms with Crippen LogP contribution in [0.3, 0.4) is 0 Å². The first kappa shape index (κ1) is 16.9. The Balaban J connectivity index is 1.46. The van der Waals surface area contributed by atoms with E-state index in [-0.39, 0.29) is 0 Å². The average molecular weight is 382 g/mol. The lowest BCUT2D eigenvalue weighted by molar-refractivity contribution is 1.36. The molecule has 6 rings (SSSR count). The Bertz CT molecular complexity index is 1440. The molecule has 4 aromatic carbocycles. The number of benzene rings is 4. The third-order valence-electron chi connectivity index (χ3n) is 5.71. The SMILES string of the molecule is c1ccc2cc(-c3ccc4ccc(-c5ccc6ccncc6c5)nc4c3)ccc2c1. The molecule has 0 spiro atoms. The van der Waals surface area contributed by atoms with Gasteiger partial charge in [-0.15, -0.1) is 0 Å². The molecule has 2 nitrogen and oxygen atoms in total. The van der Waals surface area contributed by atoms with Crippen LogP contribution in [0, 0.1) is 0 Å². The van der Waals surface area contributed by atoms with Crippen molar-refractivity contribution in [3.05, 3.63) is 109 Å². The van der Waals surface area contributed by atoms with Crippen LogP contribution in [-0.2, 0) is 0 Å². The predicted octanol–water partition coefficient (Wildman–Crippen LogP) is 7.27. The van der Waals surface area contributed by atoms with Crippen molar-refractivity contribution in [3.8, 4) is 22.4 Å². The largest absolute Gasteiger partial charge is 0.264 e. The number of hydrogen-bond acceptors (Lipinski definition) is 2. The molecule has 2 heteroatoms. The van der Waals surface area contributed by atoms with Gasteiger partial charge in [-0.2, -0.15) is 0 Å². The number of fused-ring (bicyclic) bond motifs is 3. The second-order valence-electron chi connectivity index (χ2n) is 7.60. The van der Waals surface area contributed by atoms with Crippen molar-refractivity contribution < 1.29 is 0 Å². The number of aromatic nitrogens is 2. The second-order valence-corrected chi connectivity index (χ2v) is 7.60. The van der Waals surface area contributed by atoms with Gasteiger partial charge in [-0.25, -0.2) is 4.98 Å². The van der Waals surface area contributed by atoms with E-state index >= 15 is 0 Å². The van der Waals surface area contributed by atoms with Crippen LogP contribution in [0.2, 0.25) is 0 Å². The van der Waals surface area contributed by atoms with Crippen molar-refractivity contribution in [1.29, 1.82) is 0 Å². The molecule has 0 saturated carbocycles. The van der Waals surface area contributed by atoms with Gasteiger partial charge in [0, 0.05) is 28.7 Å². The van der Waals surface area contributed by atoms with Crippen LogP contribution in [-0.4, -0.2) is 9.97 Å². The number of rotatable bonds is 2. The van der Waals surface area contributed by atoms with Gasteiger partial charge in [0.2, 0.25) is 0 Å². The van der Waals surface area contributed by atoms with Gasteiger partial charge in [0.1, 0.15) is 0 Å². The highest BCUT2D eigenvalue weighted by Crippen LogP contribution is 2.29. The highest BCUT2D eigenvalue weighted by molar-refractivity contribution is 5.91. The van der Waals surface area contributed by atoms with Crippen LogP contribution in [0.25, 0.3) is 54.8 Å². The lowest BCUT2D eigenvalue weighted by Crippen LogP contribution is -1.87. The molecule has 0 fully saturated rings. The fraction of sp³-hybridized carbons (Fsp3) is 0. The average Bonchev–Trinajstić information content (AvgIpc) is 2.82. The summed E-state index contributed by atoms with van der Waals surface area (Å²) >= 11 is 0. The molecule has 0 N–H and O–H groups in total. The Labute approximate surface area is 174 Å². The zero-order chi connectivity index (χ0) is 19.9. The van der Waals surface area contributed by atoms with E-state index in [0.717, 1.165) is 27.5 Å². The van der Waals surface area contributed by atoms with Crippen LogP contribution in [0.15, 0.2) is 109 Å². The summed E-state index contributed by atoms with van der Waals surface area (Å²) in [6, 6.07) is 34.3. The molecule has 0 aliphatic heterocycles. The van der Waals surface area contributed by atoms with Crippen molar-refractivity contribution >= 4 is 32.4 Å². The van der Waals surface area contributed by atoms with Crippen LogP contribution in [0.4, 0.5) is 0 Å². The molecule has 0 unspecified atom stereocenters. The van der Waals surface area contributed by atoms with Crippen LogP contribution < -0.4 is 0 Å². The minimum Gasteiger partial charge on any atom is -0.264 e. The highest BCUT2D eigenvalue weighted by Gasteiger charge is 2.06. The van der Waals surface area contributed by atoms with Crippen molar-refractivity contribution in [2.75, 3.05) is 0 Å².